The lowest BCUT2D eigenvalue weighted by atomic mass is 10.1. The van der Waals surface area contributed by atoms with Crippen molar-refractivity contribution in [3.8, 4) is 0 Å². The van der Waals surface area contributed by atoms with Gasteiger partial charge in [-0.1, -0.05) is 31.2 Å². The fourth-order valence-corrected chi connectivity index (χ4v) is 2.52. The largest absolute Gasteiger partial charge is 0.465 e. The second-order valence-electron chi connectivity index (χ2n) is 4.72. The molecule has 4 nitrogen and oxygen atoms in total. The molecule has 0 aromatic heterocycles. The van der Waals surface area contributed by atoms with E-state index in [0.29, 0.717) is 18.9 Å². The molecule has 1 aromatic rings. The Hall–Kier alpha value is -1.49. The predicted octanol–water partition coefficient (Wildman–Crippen LogP) is 2.50. The molecular weight excluding hydrogens is 286 g/mol. The smallest absolute Gasteiger partial charge is 0.315 e. The Morgan fingerprint density at radius 3 is 2.29 bits per heavy atom. The number of thioether (sulfide) groups is 1. The van der Waals surface area contributed by atoms with E-state index in [-0.39, 0.29) is 17.6 Å². The van der Waals surface area contributed by atoms with Crippen molar-refractivity contribution in [2.45, 2.75) is 26.8 Å². The van der Waals surface area contributed by atoms with E-state index in [1.54, 1.807) is 18.9 Å². The Balaban J connectivity index is 2.34. The van der Waals surface area contributed by atoms with Gasteiger partial charge in [0.25, 0.3) is 0 Å². The Labute approximate surface area is 130 Å². The van der Waals surface area contributed by atoms with Crippen molar-refractivity contribution in [3.05, 3.63) is 35.4 Å². The van der Waals surface area contributed by atoms with Crippen molar-refractivity contribution in [3.63, 3.8) is 0 Å². The second kappa shape index (κ2) is 9.45. The number of hydrogen-bond acceptors (Lipinski definition) is 4. The first-order chi connectivity index (χ1) is 10.1. The lowest BCUT2D eigenvalue weighted by Gasteiger charge is -2.17. The van der Waals surface area contributed by atoms with Crippen molar-refractivity contribution >= 4 is 23.6 Å². The van der Waals surface area contributed by atoms with Crippen LogP contribution in [0.4, 0.5) is 0 Å². The molecule has 0 N–H and O–H groups in total. The number of carbonyl (C=O) groups excluding carboxylic acids is 2. The van der Waals surface area contributed by atoms with Crippen molar-refractivity contribution in [1.29, 1.82) is 0 Å². The van der Waals surface area contributed by atoms with Crippen LogP contribution in [-0.4, -0.2) is 41.9 Å². The van der Waals surface area contributed by atoms with Gasteiger partial charge in [-0.2, -0.15) is 0 Å². The van der Waals surface area contributed by atoms with E-state index in [1.165, 1.54) is 17.3 Å². The SMILES string of the molecule is CCOC(=O)CSCC(=O)N(C)Cc1ccc(CC)cc1. The minimum atomic E-state index is -0.270. The zero-order chi connectivity index (χ0) is 15.7. The lowest BCUT2D eigenvalue weighted by Crippen LogP contribution is -2.28. The third-order valence-electron chi connectivity index (χ3n) is 3.03. The average molecular weight is 309 g/mol. The van der Waals surface area contributed by atoms with Crippen LogP contribution in [0.1, 0.15) is 25.0 Å². The van der Waals surface area contributed by atoms with Crippen LogP contribution < -0.4 is 0 Å². The quantitative estimate of drug-likeness (QED) is 0.692. The minimum absolute atomic E-state index is 0.0175. The summed E-state index contributed by atoms with van der Waals surface area (Å²) in [5.41, 5.74) is 2.40. The Morgan fingerprint density at radius 1 is 1.10 bits per heavy atom. The highest BCUT2D eigenvalue weighted by atomic mass is 32.2. The first-order valence-electron chi connectivity index (χ1n) is 7.12. The first-order valence-corrected chi connectivity index (χ1v) is 8.27. The molecule has 0 aliphatic carbocycles. The van der Waals surface area contributed by atoms with Crippen LogP contribution in [0.2, 0.25) is 0 Å². The average Bonchev–Trinajstić information content (AvgIpc) is 2.48. The summed E-state index contributed by atoms with van der Waals surface area (Å²) in [4.78, 5) is 24.8. The standard InChI is InChI=1S/C16H23NO3S/c1-4-13-6-8-14(9-7-13)10-17(3)15(18)11-21-12-16(19)20-5-2/h6-9H,4-5,10-12H2,1-3H3. The zero-order valence-corrected chi connectivity index (χ0v) is 13.7. The molecule has 0 spiro atoms. The van der Waals surface area contributed by atoms with Gasteiger partial charge in [0.05, 0.1) is 18.1 Å². The number of benzene rings is 1. The number of hydrogen-bond donors (Lipinski definition) is 0. The third kappa shape index (κ3) is 6.67. The van der Waals surface area contributed by atoms with Gasteiger partial charge in [0.15, 0.2) is 0 Å². The fourth-order valence-electron chi connectivity index (χ4n) is 1.78. The van der Waals surface area contributed by atoms with Crippen molar-refractivity contribution in [2.75, 3.05) is 25.2 Å². The van der Waals surface area contributed by atoms with Crippen LogP contribution in [0.3, 0.4) is 0 Å². The van der Waals surface area contributed by atoms with Crippen molar-refractivity contribution < 1.29 is 14.3 Å². The summed E-state index contributed by atoms with van der Waals surface area (Å²) in [6, 6.07) is 8.27. The van der Waals surface area contributed by atoms with E-state index in [9.17, 15) is 9.59 Å². The van der Waals surface area contributed by atoms with E-state index < -0.39 is 0 Å². The number of nitrogens with zero attached hydrogens (tertiary/aromatic N) is 1. The number of ether oxygens (including phenoxy) is 1. The molecule has 21 heavy (non-hydrogen) atoms. The molecular formula is C16H23NO3S. The highest BCUT2D eigenvalue weighted by Gasteiger charge is 2.11. The maximum Gasteiger partial charge on any atom is 0.315 e. The summed E-state index contributed by atoms with van der Waals surface area (Å²) < 4.78 is 4.82. The molecule has 0 fully saturated rings. The second-order valence-corrected chi connectivity index (χ2v) is 5.70. The Kier molecular flexibility index (Phi) is 7.90. The van der Waals surface area contributed by atoms with Crippen LogP contribution in [0.15, 0.2) is 24.3 Å². The van der Waals surface area contributed by atoms with Crippen LogP contribution >= 0.6 is 11.8 Å². The van der Waals surface area contributed by atoms with Crippen LogP contribution in [0, 0.1) is 0 Å². The predicted molar refractivity (Wildman–Crippen MR) is 86.3 cm³/mol. The van der Waals surface area contributed by atoms with E-state index in [2.05, 4.69) is 19.1 Å². The Morgan fingerprint density at radius 2 is 1.71 bits per heavy atom. The molecule has 1 aromatic carbocycles. The molecule has 116 valence electrons. The molecule has 1 amide bonds. The monoisotopic (exact) mass is 309 g/mol. The number of carbonyl (C=O) groups is 2. The van der Waals surface area contributed by atoms with Crippen molar-refractivity contribution in [2.24, 2.45) is 0 Å². The number of rotatable bonds is 8. The summed E-state index contributed by atoms with van der Waals surface area (Å²) in [5.74, 6) is 0.262. The lowest BCUT2D eigenvalue weighted by molar-refractivity contribution is -0.139. The molecule has 0 atom stereocenters. The van der Waals surface area contributed by atoms with Gasteiger partial charge >= 0.3 is 5.97 Å². The van der Waals surface area contributed by atoms with Crippen LogP contribution in [-0.2, 0) is 27.3 Å². The molecule has 1 rings (SSSR count). The minimum Gasteiger partial charge on any atom is -0.465 e. The van der Waals surface area contributed by atoms with Gasteiger partial charge < -0.3 is 9.64 Å². The Bertz CT molecular complexity index is 459. The molecule has 0 aliphatic rings. The molecule has 0 unspecified atom stereocenters. The van der Waals surface area contributed by atoms with E-state index in [4.69, 9.17) is 4.74 Å². The third-order valence-corrected chi connectivity index (χ3v) is 3.92. The summed E-state index contributed by atoms with van der Waals surface area (Å²) in [5, 5.41) is 0. The molecule has 0 bridgehead atoms. The zero-order valence-electron chi connectivity index (χ0n) is 12.9. The van der Waals surface area contributed by atoms with Crippen LogP contribution in [0.25, 0.3) is 0 Å². The van der Waals surface area contributed by atoms with E-state index in [1.807, 2.05) is 12.1 Å². The fraction of sp³-hybridized carbons (Fsp3) is 0.500. The molecule has 0 saturated carbocycles. The summed E-state index contributed by atoms with van der Waals surface area (Å²) in [6.45, 7) is 4.85. The maximum absolute atomic E-state index is 12.0. The van der Waals surface area contributed by atoms with E-state index in [0.717, 1.165) is 12.0 Å². The van der Waals surface area contributed by atoms with Gasteiger partial charge in [0.1, 0.15) is 0 Å². The van der Waals surface area contributed by atoms with Gasteiger partial charge in [0.2, 0.25) is 5.91 Å². The molecule has 0 saturated heterocycles. The van der Waals surface area contributed by atoms with Gasteiger partial charge in [-0.15, -0.1) is 11.8 Å². The maximum atomic E-state index is 12.0. The topological polar surface area (TPSA) is 46.6 Å². The molecule has 0 heterocycles. The molecule has 0 aliphatic heterocycles. The number of aryl methyl sites for hydroxylation is 1. The molecule has 5 heteroatoms. The van der Waals surface area contributed by atoms with Gasteiger partial charge in [-0.3, -0.25) is 9.59 Å². The highest BCUT2D eigenvalue weighted by molar-refractivity contribution is 8.00. The normalized spacial score (nSPS) is 10.2. The highest BCUT2D eigenvalue weighted by Crippen LogP contribution is 2.09. The summed E-state index contributed by atoms with van der Waals surface area (Å²) >= 11 is 1.29. The van der Waals surface area contributed by atoms with Crippen LogP contribution in [0.5, 0.6) is 0 Å². The van der Waals surface area contributed by atoms with Gasteiger partial charge in [-0.25, -0.2) is 0 Å². The van der Waals surface area contributed by atoms with E-state index >= 15 is 0 Å². The van der Waals surface area contributed by atoms with Gasteiger partial charge in [0, 0.05) is 13.6 Å². The summed E-state index contributed by atoms with van der Waals surface area (Å²) in [7, 11) is 1.78. The number of amides is 1. The summed E-state index contributed by atoms with van der Waals surface area (Å²) in [6.07, 6.45) is 1.01. The first kappa shape index (κ1) is 17.6. The van der Waals surface area contributed by atoms with Gasteiger partial charge in [-0.05, 0) is 24.5 Å². The molecule has 0 radical (unpaired) electrons. The van der Waals surface area contributed by atoms with Crippen molar-refractivity contribution in [1.82, 2.24) is 4.90 Å². The number of esters is 1.